The first-order valence-corrected chi connectivity index (χ1v) is 8.59. The number of halogens is 2. The lowest BCUT2D eigenvalue weighted by molar-refractivity contribution is 0.00961. The molecular weight excluding hydrogens is 354 g/mol. The topological polar surface area (TPSA) is 70.2 Å². The van der Waals surface area contributed by atoms with E-state index in [0.29, 0.717) is 22.5 Å². The van der Waals surface area contributed by atoms with Crippen LogP contribution in [0.25, 0.3) is 11.0 Å². The van der Waals surface area contributed by atoms with Crippen molar-refractivity contribution in [2.75, 3.05) is 18.4 Å². The zero-order valence-electron chi connectivity index (χ0n) is 14.4. The number of H-pyrrole nitrogens is 1. The highest BCUT2D eigenvalue weighted by Crippen LogP contribution is 2.20. The Morgan fingerprint density at radius 3 is 2.89 bits per heavy atom. The van der Waals surface area contributed by atoms with Gasteiger partial charge in [-0.3, -0.25) is 0 Å². The van der Waals surface area contributed by atoms with Crippen LogP contribution in [0.4, 0.5) is 19.3 Å². The molecule has 1 aliphatic rings. The molecule has 0 spiro atoms. The number of imidazole rings is 1. The van der Waals surface area contributed by atoms with Gasteiger partial charge in [0.05, 0.1) is 24.1 Å². The van der Waals surface area contributed by atoms with Crippen molar-refractivity contribution in [3.05, 3.63) is 60.2 Å². The van der Waals surface area contributed by atoms with E-state index in [1.165, 1.54) is 17.0 Å². The number of nitrogens with one attached hydrogen (secondary N) is 2. The number of amides is 2. The number of anilines is 1. The van der Waals surface area contributed by atoms with E-state index in [9.17, 15) is 13.6 Å². The van der Waals surface area contributed by atoms with Gasteiger partial charge in [0.2, 0.25) is 0 Å². The standard InChI is InChI=1S/C19H18F2N4O2/c20-12-6-7-15-16(8-12)24-18(23-15)11-27-17-10-25(9-14(17)21)19(26)22-13-4-2-1-3-5-13/h1-8,14,17H,9-11H2,(H,22,26)(H,23,24)/t14-,17+/m1/s1. The average Bonchev–Trinajstić information content (AvgIpc) is 3.23. The lowest BCUT2D eigenvalue weighted by Crippen LogP contribution is -2.34. The highest BCUT2D eigenvalue weighted by molar-refractivity contribution is 5.89. The van der Waals surface area contributed by atoms with Gasteiger partial charge >= 0.3 is 6.03 Å². The molecule has 1 aliphatic heterocycles. The van der Waals surface area contributed by atoms with E-state index in [4.69, 9.17) is 4.74 Å². The Bertz CT molecular complexity index is 947. The number of rotatable bonds is 4. The highest BCUT2D eigenvalue weighted by atomic mass is 19.1. The van der Waals surface area contributed by atoms with E-state index in [1.54, 1.807) is 18.2 Å². The molecule has 0 bridgehead atoms. The summed E-state index contributed by atoms with van der Waals surface area (Å²) >= 11 is 0. The zero-order chi connectivity index (χ0) is 18.8. The number of hydrogen-bond donors (Lipinski definition) is 2. The van der Waals surface area contributed by atoms with Crippen molar-refractivity contribution in [2.45, 2.75) is 18.9 Å². The number of fused-ring (bicyclic) bond motifs is 1. The van der Waals surface area contributed by atoms with E-state index in [-0.39, 0.29) is 31.5 Å². The van der Waals surface area contributed by atoms with Crippen LogP contribution in [-0.2, 0) is 11.3 Å². The largest absolute Gasteiger partial charge is 0.365 e. The molecule has 6 nitrogen and oxygen atoms in total. The van der Waals surface area contributed by atoms with Crippen LogP contribution >= 0.6 is 0 Å². The van der Waals surface area contributed by atoms with E-state index in [0.717, 1.165) is 0 Å². The fraction of sp³-hybridized carbons (Fsp3) is 0.263. The third-order valence-electron chi connectivity index (χ3n) is 4.44. The summed E-state index contributed by atoms with van der Waals surface area (Å²) in [5.41, 5.74) is 1.82. The zero-order valence-corrected chi connectivity index (χ0v) is 14.4. The third kappa shape index (κ3) is 3.90. The van der Waals surface area contributed by atoms with Gasteiger partial charge in [-0.2, -0.15) is 0 Å². The van der Waals surface area contributed by atoms with E-state index < -0.39 is 12.3 Å². The fourth-order valence-electron chi connectivity index (χ4n) is 3.07. The Morgan fingerprint density at radius 2 is 2.07 bits per heavy atom. The summed E-state index contributed by atoms with van der Waals surface area (Å²) in [5, 5.41) is 2.73. The molecule has 1 aromatic heterocycles. The average molecular weight is 372 g/mol. The van der Waals surface area contributed by atoms with Crippen molar-refractivity contribution in [1.29, 1.82) is 0 Å². The Balaban J connectivity index is 1.34. The number of aromatic amines is 1. The molecule has 0 aliphatic carbocycles. The summed E-state index contributed by atoms with van der Waals surface area (Å²) in [6.07, 6.45) is -2.02. The van der Waals surface area contributed by atoms with Crippen LogP contribution in [0.1, 0.15) is 5.82 Å². The summed E-state index contributed by atoms with van der Waals surface area (Å²) in [4.78, 5) is 20.9. The van der Waals surface area contributed by atoms with Crippen LogP contribution in [0.5, 0.6) is 0 Å². The molecule has 27 heavy (non-hydrogen) atoms. The maximum absolute atomic E-state index is 14.3. The van der Waals surface area contributed by atoms with E-state index >= 15 is 0 Å². The molecule has 1 fully saturated rings. The monoisotopic (exact) mass is 372 g/mol. The molecule has 1 saturated heterocycles. The summed E-state index contributed by atoms with van der Waals surface area (Å²) in [5.74, 6) is 0.119. The molecule has 2 atom stereocenters. The van der Waals surface area contributed by atoms with Crippen molar-refractivity contribution in [2.24, 2.45) is 0 Å². The second-order valence-electron chi connectivity index (χ2n) is 6.41. The van der Waals surface area contributed by atoms with Gasteiger partial charge < -0.3 is 19.9 Å². The summed E-state index contributed by atoms with van der Waals surface area (Å²) < 4.78 is 33.1. The van der Waals surface area contributed by atoms with Crippen LogP contribution in [0, 0.1) is 5.82 Å². The quantitative estimate of drug-likeness (QED) is 0.737. The third-order valence-corrected chi connectivity index (χ3v) is 4.44. The van der Waals surface area contributed by atoms with Gasteiger partial charge in [0.25, 0.3) is 0 Å². The summed E-state index contributed by atoms with van der Waals surface area (Å²) in [7, 11) is 0. The number of likely N-dealkylation sites (tertiary alicyclic amines) is 1. The minimum atomic E-state index is -1.28. The molecule has 8 heteroatoms. The van der Waals surface area contributed by atoms with Gasteiger partial charge in [-0.1, -0.05) is 18.2 Å². The van der Waals surface area contributed by atoms with E-state index in [1.807, 2.05) is 18.2 Å². The lowest BCUT2D eigenvalue weighted by atomic mass is 10.3. The highest BCUT2D eigenvalue weighted by Gasteiger charge is 2.36. The molecule has 4 rings (SSSR count). The number of carbonyl (C=O) groups excluding carboxylic acids is 1. The van der Waals surface area contributed by atoms with Gasteiger partial charge in [-0.15, -0.1) is 0 Å². The predicted octanol–water partition coefficient (Wildman–Crippen LogP) is 3.47. The van der Waals surface area contributed by atoms with Crippen LogP contribution in [0.3, 0.4) is 0 Å². The molecule has 2 heterocycles. The van der Waals surface area contributed by atoms with Crippen molar-refractivity contribution in [3.8, 4) is 0 Å². The number of carbonyl (C=O) groups is 1. The summed E-state index contributed by atoms with van der Waals surface area (Å²) in [6, 6.07) is 12.9. The molecular formula is C19H18F2N4O2. The maximum atomic E-state index is 14.3. The fourth-order valence-corrected chi connectivity index (χ4v) is 3.07. The van der Waals surface area contributed by atoms with Gasteiger partial charge in [-0.05, 0) is 30.3 Å². The molecule has 140 valence electrons. The van der Waals surface area contributed by atoms with Crippen molar-refractivity contribution < 1.29 is 18.3 Å². The number of alkyl halides is 1. The molecule has 0 unspecified atom stereocenters. The van der Waals surface area contributed by atoms with Crippen molar-refractivity contribution in [1.82, 2.24) is 14.9 Å². The van der Waals surface area contributed by atoms with Gasteiger partial charge in [0, 0.05) is 5.69 Å². The number of nitrogens with zero attached hydrogens (tertiary/aromatic N) is 2. The normalized spacial score (nSPS) is 19.6. The number of benzene rings is 2. The first-order valence-electron chi connectivity index (χ1n) is 8.59. The van der Waals surface area contributed by atoms with Crippen LogP contribution in [0.15, 0.2) is 48.5 Å². The predicted molar refractivity (Wildman–Crippen MR) is 96.6 cm³/mol. The Morgan fingerprint density at radius 1 is 1.26 bits per heavy atom. The Labute approximate surface area is 154 Å². The molecule has 2 amide bonds. The minimum absolute atomic E-state index is 0.0331. The first-order chi connectivity index (χ1) is 13.1. The number of urea groups is 1. The SMILES string of the molecule is O=C(Nc1ccccc1)N1C[C@@H](F)[C@@H](OCc2nc3ccc(F)cc3[nH]2)C1. The number of aromatic nitrogens is 2. The lowest BCUT2D eigenvalue weighted by Gasteiger charge is -2.16. The first kappa shape index (κ1) is 17.4. The maximum Gasteiger partial charge on any atom is 0.322 e. The van der Waals surface area contributed by atoms with Crippen molar-refractivity contribution in [3.63, 3.8) is 0 Å². The smallest absolute Gasteiger partial charge is 0.322 e. The second-order valence-corrected chi connectivity index (χ2v) is 6.41. The second kappa shape index (κ2) is 7.32. The van der Waals surface area contributed by atoms with Gasteiger partial charge in [-0.25, -0.2) is 18.6 Å². The van der Waals surface area contributed by atoms with Gasteiger partial charge in [0.15, 0.2) is 0 Å². The Hall–Kier alpha value is -3.00. The van der Waals surface area contributed by atoms with E-state index in [2.05, 4.69) is 15.3 Å². The number of para-hydroxylation sites is 1. The Kier molecular flexibility index (Phi) is 4.72. The van der Waals surface area contributed by atoms with Gasteiger partial charge in [0.1, 0.15) is 30.5 Å². The molecule has 2 N–H and O–H groups in total. The number of hydrogen-bond acceptors (Lipinski definition) is 3. The minimum Gasteiger partial charge on any atom is -0.365 e. The van der Waals surface area contributed by atoms with Crippen LogP contribution < -0.4 is 5.32 Å². The van der Waals surface area contributed by atoms with Crippen LogP contribution in [0.2, 0.25) is 0 Å². The van der Waals surface area contributed by atoms with Crippen molar-refractivity contribution >= 4 is 22.8 Å². The molecule has 0 saturated carbocycles. The number of ether oxygens (including phenoxy) is 1. The molecule has 0 radical (unpaired) electrons. The molecule has 3 aromatic rings. The van der Waals surface area contributed by atoms with Crippen LogP contribution in [-0.4, -0.2) is 46.3 Å². The summed E-state index contributed by atoms with van der Waals surface area (Å²) in [6.45, 7) is 0.166. The molecule has 2 aromatic carbocycles.